The lowest BCUT2D eigenvalue weighted by Gasteiger charge is -2.22. The van der Waals surface area contributed by atoms with Gasteiger partial charge in [-0.05, 0) is 61.8 Å². The van der Waals surface area contributed by atoms with E-state index in [9.17, 15) is 4.79 Å². The molecule has 0 aliphatic carbocycles. The Hall–Kier alpha value is -2.86. The Morgan fingerprint density at radius 3 is 2.75 bits per heavy atom. The van der Waals surface area contributed by atoms with Crippen molar-refractivity contribution in [3.05, 3.63) is 65.7 Å². The first-order chi connectivity index (χ1) is 15.7. The van der Waals surface area contributed by atoms with Gasteiger partial charge in [-0.2, -0.15) is 0 Å². The number of carbonyl (C=O) groups excluding carboxylic acids is 1. The summed E-state index contributed by atoms with van der Waals surface area (Å²) in [7, 11) is 0. The van der Waals surface area contributed by atoms with E-state index in [-0.39, 0.29) is 12.0 Å². The number of benzene rings is 2. The first-order valence-electron chi connectivity index (χ1n) is 11.8. The van der Waals surface area contributed by atoms with Crippen molar-refractivity contribution in [2.75, 3.05) is 31.6 Å². The molecule has 6 nitrogen and oxygen atoms in total. The highest BCUT2D eigenvalue weighted by molar-refractivity contribution is 5.94. The summed E-state index contributed by atoms with van der Waals surface area (Å²) in [6.07, 6.45) is 3.72. The van der Waals surface area contributed by atoms with Crippen molar-refractivity contribution < 1.29 is 9.53 Å². The highest BCUT2D eigenvalue weighted by Gasteiger charge is 2.25. The van der Waals surface area contributed by atoms with E-state index >= 15 is 0 Å². The van der Waals surface area contributed by atoms with Gasteiger partial charge in [0.25, 0.3) is 5.91 Å². The molecule has 32 heavy (non-hydrogen) atoms. The van der Waals surface area contributed by atoms with Crippen LogP contribution in [0, 0.1) is 5.92 Å². The molecule has 2 saturated heterocycles. The van der Waals surface area contributed by atoms with Crippen LogP contribution in [0.4, 0.5) is 5.69 Å². The minimum atomic E-state index is -0.323. The van der Waals surface area contributed by atoms with Crippen LogP contribution in [0.2, 0.25) is 0 Å². The fourth-order valence-corrected chi connectivity index (χ4v) is 4.49. The van der Waals surface area contributed by atoms with Crippen molar-refractivity contribution in [1.29, 1.82) is 0 Å². The maximum atomic E-state index is 12.3. The Balaban J connectivity index is 1.35. The SMILES string of the molecule is CCNC(=NCc1cccc(NC(=O)C2CCCO2)c1)N1CCC(Cc2ccccc2)C1. The molecule has 2 N–H and O–H groups in total. The maximum Gasteiger partial charge on any atom is 0.253 e. The molecular formula is C26H34N4O2. The Morgan fingerprint density at radius 2 is 1.97 bits per heavy atom. The highest BCUT2D eigenvalue weighted by atomic mass is 16.5. The number of hydrogen-bond donors (Lipinski definition) is 2. The number of ether oxygens (including phenoxy) is 1. The molecule has 2 aromatic rings. The maximum absolute atomic E-state index is 12.3. The lowest BCUT2D eigenvalue weighted by molar-refractivity contribution is -0.124. The Morgan fingerprint density at radius 1 is 1.12 bits per heavy atom. The third kappa shape index (κ3) is 6.10. The molecule has 4 rings (SSSR count). The molecule has 1 amide bonds. The van der Waals surface area contributed by atoms with E-state index in [4.69, 9.17) is 9.73 Å². The Kier molecular flexibility index (Phi) is 7.77. The van der Waals surface area contributed by atoms with Crippen LogP contribution in [-0.2, 0) is 22.5 Å². The topological polar surface area (TPSA) is 66.0 Å². The van der Waals surface area contributed by atoms with Crippen LogP contribution in [0.3, 0.4) is 0 Å². The number of rotatable bonds is 7. The van der Waals surface area contributed by atoms with Gasteiger partial charge in [-0.3, -0.25) is 4.79 Å². The first-order valence-corrected chi connectivity index (χ1v) is 11.8. The molecule has 0 bridgehead atoms. The second kappa shape index (κ2) is 11.1. The molecule has 6 heteroatoms. The number of nitrogens with zero attached hydrogens (tertiary/aromatic N) is 2. The average Bonchev–Trinajstić information content (AvgIpc) is 3.50. The molecule has 2 aliphatic heterocycles. The zero-order chi connectivity index (χ0) is 22.2. The summed E-state index contributed by atoms with van der Waals surface area (Å²) in [5.74, 6) is 1.56. The summed E-state index contributed by atoms with van der Waals surface area (Å²) in [6, 6.07) is 18.7. The second-order valence-corrected chi connectivity index (χ2v) is 8.65. The van der Waals surface area contributed by atoms with Gasteiger partial charge in [-0.25, -0.2) is 4.99 Å². The van der Waals surface area contributed by atoms with E-state index < -0.39 is 0 Å². The number of aliphatic imine (C=N–C) groups is 1. The monoisotopic (exact) mass is 434 g/mol. The molecule has 0 aromatic heterocycles. The standard InChI is InChI=1S/C26H34N4O2/c1-2-27-26(30-14-13-22(19-30)16-20-8-4-3-5-9-20)28-18-21-10-6-11-23(17-21)29-25(31)24-12-7-15-32-24/h3-6,8-11,17,22,24H,2,7,12-16,18-19H2,1H3,(H,27,28)(H,29,31). The summed E-state index contributed by atoms with van der Waals surface area (Å²) in [4.78, 5) is 19.6. The molecule has 2 aromatic carbocycles. The van der Waals surface area contributed by atoms with Gasteiger partial charge in [-0.15, -0.1) is 0 Å². The van der Waals surface area contributed by atoms with E-state index in [1.807, 2.05) is 18.2 Å². The summed E-state index contributed by atoms with van der Waals surface area (Å²) in [6.45, 7) is 6.25. The van der Waals surface area contributed by atoms with Gasteiger partial charge >= 0.3 is 0 Å². The molecular weight excluding hydrogens is 400 g/mol. The summed E-state index contributed by atoms with van der Waals surface area (Å²) < 4.78 is 5.48. The van der Waals surface area contributed by atoms with Crippen LogP contribution in [0.5, 0.6) is 0 Å². The quantitative estimate of drug-likeness (QED) is 0.513. The number of carbonyl (C=O) groups is 1. The van der Waals surface area contributed by atoms with Crippen LogP contribution in [0.25, 0.3) is 0 Å². The predicted molar refractivity (Wildman–Crippen MR) is 129 cm³/mol. The van der Waals surface area contributed by atoms with Gasteiger partial charge < -0.3 is 20.3 Å². The fraction of sp³-hybridized carbons (Fsp3) is 0.462. The van der Waals surface area contributed by atoms with Gasteiger partial charge in [0.1, 0.15) is 6.10 Å². The van der Waals surface area contributed by atoms with Crippen molar-refractivity contribution in [3.8, 4) is 0 Å². The molecule has 170 valence electrons. The number of guanidine groups is 1. The van der Waals surface area contributed by atoms with Crippen LogP contribution in [-0.4, -0.2) is 49.1 Å². The largest absolute Gasteiger partial charge is 0.368 e. The molecule has 2 unspecified atom stereocenters. The molecule has 0 spiro atoms. The van der Waals surface area contributed by atoms with Gasteiger partial charge in [0, 0.05) is 31.9 Å². The smallest absolute Gasteiger partial charge is 0.253 e. The summed E-state index contributed by atoms with van der Waals surface area (Å²) in [5.41, 5.74) is 3.28. The number of nitrogens with one attached hydrogen (secondary N) is 2. The fourth-order valence-electron chi connectivity index (χ4n) is 4.49. The van der Waals surface area contributed by atoms with Crippen molar-refractivity contribution in [2.45, 2.75) is 45.3 Å². The zero-order valence-electron chi connectivity index (χ0n) is 18.9. The van der Waals surface area contributed by atoms with Crippen molar-refractivity contribution in [1.82, 2.24) is 10.2 Å². The molecule has 2 aliphatic rings. The third-order valence-electron chi connectivity index (χ3n) is 6.12. The molecule has 2 heterocycles. The van der Waals surface area contributed by atoms with E-state index in [1.54, 1.807) is 0 Å². The normalized spacial score (nSPS) is 21.0. The number of amides is 1. The molecule has 0 radical (unpaired) electrons. The second-order valence-electron chi connectivity index (χ2n) is 8.65. The molecule has 2 atom stereocenters. The van der Waals surface area contributed by atoms with Gasteiger partial charge in [-0.1, -0.05) is 42.5 Å². The van der Waals surface area contributed by atoms with Crippen molar-refractivity contribution in [2.24, 2.45) is 10.9 Å². The highest BCUT2D eigenvalue weighted by Crippen LogP contribution is 2.21. The minimum absolute atomic E-state index is 0.0574. The Bertz CT molecular complexity index is 909. The lowest BCUT2D eigenvalue weighted by Crippen LogP contribution is -2.40. The van der Waals surface area contributed by atoms with E-state index in [2.05, 4.69) is 58.9 Å². The van der Waals surface area contributed by atoms with Gasteiger partial charge in [0.05, 0.1) is 6.54 Å². The first kappa shape index (κ1) is 22.3. The number of anilines is 1. The molecule has 0 saturated carbocycles. The van der Waals surface area contributed by atoms with Gasteiger partial charge in [0.15, 0.2) is 5.96 Å². The van der Waals surface area contributed by atoms with Crippen LogP contribution >= 0.6 is 0 Å². The third-order valence-corrected chi connectivity index (χ3v) is 6.12. The van der Waals surface area contributed by atoms with Crippen molar-refractivity contribution in [3.63, 3.8) is 0 Å². The summed E-state index contributed by atoms with van der Waals surface area (Å²) in [5, 5.41) is 6.44. The minimum Gasteiger partial charge on any atom is -0.368 e. The zero-order valence-corrected chi connectivity index (χ0v) is 18.9. The van der Waals surface area contributed by atoms with Crippen LogP contribution < -0.4 is 10.6 Å². The number of likely N-dealkylation sites (tertiary alicyclic amines) is 1. The van der Waals surface area contributed by atoms with E-state index in [0.29, 0.717) is 19.1 Å². The number of hydrogen-bond acceptors (Lipinski definition) is 3. The molecule has 2 fully saturated rings. The van der Waals surface area contributed by atoms with E-state index in [0.717, 1.165) is 56.1 Å². The lowest BCUT2D eigenvalue weighted by atomic mass is 9.99. The van der Waals surface area contributed by atoms with Crippen LogP contribution in [0.1, 0.15) is 37.3 Å². The average molecular weight is 435 g/mol. The Labute approximate surface area is 191 Å². The summed E-state index contributed by atoms with van der Waals surface area (Å²) >= 11 is 0. The van der Waals surface area contributed by atoms with Crippen molar-refractivity contribution >= 4 is 17.6 Å². The van der Waals surface area contributed by atoms with E-state index in [1.165, 1.54) is 12.0 Å². The predicted octanol–water partition coefficient (Wildman–Crippen LogP) is 3.83. The van der Waals surface area contributed by atoms with Gasteiger partial charge in [0.2, 0.25) is 0 Å². The van der Waals surface area contributed by atoms with Crippen LogP contribution in [0.15, 0.2) is 59.6 Å².